The van der Waals surface area contributed by atoms with E-state index in [0.29, 0.717) is 6.04 Å². The monoisotopic (exact) mass is 233 g/mol. The lowest BCUT2D eigenvalue weighted by molar-refractivity contribution is 0.0810. The molecule has 0 spiro atoms. The van der Waals surface area contributed by atoms with Crippen molar-refractivity contribution in [1.82, 2.24) is 0 Å². The van der Waals surface area contributed by atoms with Crippen molar-refractivity contribution in [3.05, 3.63) is 29.3 Å². The van der Waals surface area contributed by atoms with E-state index in [9.17, 15) is 5.11 Å². The van der Waals surface area contributed by atoms with Crippen LogP contribution in [0, 0.1) is 0 Å². The summed E-state index contributed by atoms with van der Waals surface area (Å²) in [4.78, 5) is 2.45. The third-order valence-electron chi connectivity index (χ3n) is 3.48. The molecule has 0 saturated carbocycles. The fraction of sp³-hybridized carbons (Fsp3) is 0.600. The summed E-state index contributed by atoms with van der Waals surface area (Å²) < 4.78 is 0. The number of hydrogen-bond donors (Lipinski definition) is 1. The number of anilines is 1. The Hall–Kier alpha value is -1.02. The maximum atomic E-state index is 9.86. The first-order chi connectivity index (χ1) is 7.90. The molecule has 0 amide bonds. The predicted octanol–water partition coefficient (Wildman–Crippen LogP) is 2.77. The maximum absolute atomic E-state index is 9.86. The highest BCUT2D eigenvalue weighted by molar-refractivity contribution is 5.60. The van der Waals surface area contributed by atoms with Gasteiger partial charge < -0.3 is 10.0 Å². The van der Waals surface area contributed by atoms with E-state index in [1.54, 1.807) is 0 Å². The van der Waals surface area contributed by atoms with Gasteiger partial charge in [-0.2, -0.15) is 0 Å². The van der Waals surface area contributed by atoms with Crippen molar-refractivity contribution < 1.29 is 5.11 Å². The summed E-state index contributed by atoms with van der Waals surface area (Å²) >= 11 is 0. The highest BCUT2D eigenvalue weighted by Crippen LogP contribution is 2.33. The second-order valence-electron chi connectivity index (χ2n) is 5.79. The number of rotatable bonds is 3. The van der Waals surface area contributed by atoms with E-state index < -0.39 is 5.60 Å². The molecule has 1 aromatic carbocycles. The van der Waals surface area contributed by atoms with Crippen molar-refractivity contribution in [3.63, 3.8) is 0 Å². The van der Waals surface area contributed by atoms with Gasteiger partial charge in [0.2, 0.25) is 0 Å². The van der Waals surface area contributed by atoms with Crippen LogP contribution in [0.15, 0.2) is 18.2 Å². The van der Waals surface area contributed by atoms with Gasteiger partial charge in [0.25, 0.3) is 0 Å². The zero-order valence-electron chi connectivity index (χ0n) is 11.3. The van der Waals surface area contributed by atoms with Crippen LogP contribution in [0.4, 0.5) is 5.69 Å². The quantitative estimate of drug-likeness (QED) is 0.867. The number of benzene rings is 1. The first kappa shape index (κ1) is 12.4. The van der Waals surface area contributed by atoms with Crippen molar-refractivity contribution in [1.29, 1.82) is 0 Å². The number of likely N-dealkylation sites (N-methyl/N-ethyl adjacent to an activating group) is 1. The van der Waals surface area contributed by atoms with Crippen LogP contribution in [0.3, 0.4) is 0 Å². The molecule has 2 nitrogen and oxygen atoms in total. The van der Waals surface area contributed by atoms with Crippen LogP contribution in [-0.2, 0) is 12.8 Å². The molecule has 1 aliphatic heterocycles. The fourth-order valence-corrected chi connectivity index (χ4v) is 2.84. The Morgan fingerprint density at radius 1 is 1.41 bits per heavy atom. The minimum atomic E-state index is -0.622. The Balaban J connectivity index is 2.25. The molecule has 0 aliphatic carbocycles. The fourth-order valence-electron chi connectivity index (χ4n) is 2.84. The van der Waals surface area contributed by atoms with Crippen LogP contribution in [0.2, 0.25) is 0 Å². The second kappa shape index (κ2) is 4.34. The highest BCUT2D eigenvalue weighted by atomic mass is 16.3. The maximum Gasteiger partial charge on any atom is 0.0631 e. The van der Waals surface area contributed by atoms with Crippen LogP contribution in [0.1, 0.15) is 38.8 Å². The van der Waals surface area contributed by atoms with E-state index in [4.69, 9.17) is 0 Å². The third-order valence-corrected chi connectivity index (χ3v) is 3.48. The molecule has 0 fully saturated rings. The molecule has 2 rings (SSSR count). The lowest BCUT2D eigenvalue weighted by Crippen LogP contribution is -2.28. The molecular formula is C15H23NO. The van der Waals surface area contributed by atoms with Gasteiger partial charge in [0.15, 0.2) is 0 Å². The summed E-state index contributed by atoms with van der Waals surface area (Å²) in [5, 5.41) is 9.86. The Labute approximate surface area is 104 Å². The average Bonchev–Trinajstić information content (AvgIpc) is 2.50. The molecule has 1 atom stereocenters. The lowest BCUT2D eigenvalue weighted by atomic mass is 9.96. The SMILES string of the molecule is CCN1c2ccc(CC(C)(C)O)cc2CC1C. The normalized spacial score (nSPS) is 19.6. The number of nitrogens with zero attached hydrogens (tertiary/aromatic N) is 1. The van der Waals surface area contributed by atoms with Gasteiger partial charge >= 0.3 is 0 Å². The molecular weight excluding hydrogens is 210 g/mol. The summed E-state index contributed by atoms with van der Waals surface area (Å²) in [6.45, 7) is 9.27. The van der Waals surface area contributed by atoms with Crippen LogP contribution in [-0.4, -0.2) is 23.3 Å². The Bertz CT molecular complexity index is 406. The molecule has 1 unspecified atom stereocenters. The van der Waals surface area contributed by atoms with Gasteiger partial charge in [0, 0.05) is 24.7 Å². The standard InChI is InChI=1S/C15H23NO/c1-5-16-11(2)8-13-9-12(6-7-14(13)16)10-15(3,4)17/h6-7,9,11,17H,5,8,10H2,1-4H3. The highest BCUT2D eigenvalue weighted by Gasteiger charge is 2.25. The molecule has 1 aromatic rings. The Morgan fingerprint density at radius 3 is 2.71 bits per heavy atom. The van der Waals surface area contributed by atoms with Gasteiger partial charge in [-0.25, -0.2) is 0 Å². The van der Waals surface area contributed by atoms with Gasteiger partial charge in [-0.05, 0) is 51.3 Å². The van der Waals surface area contributed by atoms with Crippen LogP contribution in [0.25, 0.3) is 0 Å². The Kier molecular flexibility index (Phi) is 3.17. The topological polar surface area (TPSA) is 23.5 Å². The molecule has 0 saturated heterocycles. The van der Waals surface area contributed by atoms with Gasteiger partial charge in [-0.1, -0.05) is 12.1 Å². The molecule has 0 radical (unpaired) electrons. The zero-order valence-corrected chi connectivity index (χ0v) is 11.3. The molecule has 17 heavy (non-hydrogen) atoms. The van der Waals surface area contributed by atoms with E-state index in [-0.39, 0.29) is 0 Å². The molecule has 0 bridgehead atoms. The molecule has 1 aliphatic rings. The Morgan fingerprint density at radius 2 is 2.12 bits per heavy atom. The average molecular weight is 233 g/mol. The first-order valence-corrected chi connectivity index (χ1v) is 6.51. The van der Waals surface area contributed by atoms with Crippen molar-refractivity contribution >= 4 is 5.69 Å². The molecule has 1 heterocycles. The summed E-state index contributed by atoms with van der Waals surface area (Å²) in [7, 11) is 0. The summed E-state index contributed by atoms with van der Waals surface area (Å²) in [5.74, 6) is 0. The van der Waals surface area contributed by atoms with Gasteiger partial charge in [0.05, 0.1) is 5.60 Å². The molecule has 94 valence electrons. The molecule has 2 heteroatoms. The number of fused-ring (bicyclic) bond motifs is 1. The summed E-state index contributed by atoms with van der Waals surface area (Å²) in [6, 6.07) is 7.23. The van der Waals surface area contributed by atoms with Gasteiger partial charge in [0.1, 0.15) is 0 Å². The van der Waals surface area contributed by atoms with Crippen molar-refractivity contribution in [3.8, 4) is 0 Å². The number of aliphatic hydroxyl groups is 1. The van der Waals surface area contributed by atoms with E-state index in [2.05, 4.69) is 36.9 Å². The predicted molar refractivity (Wildman–Crippen MR) is 72.6 cm³/mol. The van der Waals surface area contributed by atoms with Crippen LogP contribution >= 0.6 is 0 Å². The van der Waals surface area contributed by atoms with E-state index in [1.807, 2.05) is 13.8 Å². The molecule has 1 N–H and O–H groups in total. The van der Waals surface area contributed by atoms with Crippen LogP contribution in [0.5, 0.6) is 0 Å². The van der Waals surface area contributed by atoms with E-state index in [0.717, 1.165) is 19.4 Å². The van der Waals surface area contributed by atoms with Gasteiger partial charge in [-0.3, -0.25) is 0 Å². The minimum absolute atomic E-state index is 0.604. The van der Waals surface area contributed by atoms with Crippen molar-refractivity contribution in [2.75, 3.05) is 11.4 Å². The number of hydrogen-bond acceptors (Lipinski definition) is 2. The van der Waals surface area contributed by atoms with E-state index >= 15 is 0 Å². The summed E-state index contributed by atoms with van der Waals surface area (Å²) in [6.07, 6.45) is 1.85. The van der Waals surface area contributed by atoms with Crippen LogP contribution < -0.4 is 4.90 Å². The zero-order chi connectivity index (χ0) is 12.6. The largest absolute Gasteiger partial charge is 0.390 e. The minimum Gasteiger partial charge on any atom is -0.390 e. The first-order valence-electron chi connectivity index (χ1n) is 6.51. The van der Waals surface area contributed by atoms with Crippen molar-refractivity contribution in [2.45, 2.75) is 52.2 Å². The van der Waals surface area contributed by atoms with E-state index in [1.165, 1.54) is 16.8 Å². The third kappa shape index (κ3) is 2.63. The van der Waals surface area contributed by atoms with Gasteiger partial charge in [-0.15, -0.1) is 0 Å². The molecule has 0 aromatic heterocycles. The van der Waals surface area contributed by atoms with Crippen molar-refractivity contribution in [2.24, 2.45) is 0 Å². The second-order valence-corrected chi connectivity index (χ2v) is 5.79. The lowest BCUT2D eigenvalue weighted by Gasteiger charge is -2.23. The summed E-state index contributed by atoms with van der Waals surface area (Å²) in [5.41, 5.74) is 3.42. The smallest absolute Gasteiger partial charge is 0.0631 e.